The van der Waals surface area contributed by atoms with Crippen LogP contribution in [0.5, 0.6) is 0 Å². The highest BCUT2D eigenvalue weighted by molar-refractivity contribution is 6.31. The standard InChI is InChI=1S/C15H23ClN4O/c1-11-15(16)13(18-17-11)9-19-7-8-20(14(21)10-19)12-5-3-2-4-6-12/h12H,2-10H2,1H3,(H,17,18). The number of hydrogen-bond acceptors (Lipinski definition) is 3. The van der Waals surface area contributed by atoms with Gasteiger partial charge in [0.05, 0.1) is 23.0 Å². The highest BCUT2D eigenvalue weighted by atomic mass is 35.5. The zero-order chi connectivity index (χ0) is 14.8. The Labute approximate surface area is 130 Å². The maximum Gasteiger partial charge on any atom is 0.237 e. The fraction of sp³-hybridized carbons (Fsp3) is 0.733. The van der Waals surface area contributed by atoms with Crippen LogP contribution in [0.1, 0.15) is 43.5 Å². The van der Waals surface area contributed by atoms with Gasteiger partial charge in [0.1, 0.15) is 0 Å². The Kier molecular flexibility index (Phi) is 4.50. The number of amides is 1. The summed E-state index contributed by atoms with van der Waals surface area (Å²) in [4.78, 5) is 16.7. The van der Waals surface area contributed by atoms with Crippen molar-refractivity contribution in [3.8, 4) is 0 Å². The number of aromatic nitrogens is 2. The number of H-pyrrole nitrogens is 1. The lowest BCUT2D eigenvalue weighted by Gasteiger charge is -2.40. The largest absolute Gasteiger partial charge is 0.337 e. The lowest BCUT2D eigenvalue weighted by molar-refractivity contribution is -0.139. The molecule has 2 aliphatic rings. The zero-order valence-corrected chi connectivity index (χ0v) is 13.3. The van der Waals surface area contributed by atoms with E-state index in [1.165, 1.54) is 32.1 Å². The Morgan fingerprint density at radius 2 is 2.05 bits per heavy atom. The molecular formula is C15H23ClN4O. The second kappa shape index (κ2) is 6.36. The number of carbonyl (C=O) groups excluding carboxylic acids is 1. The molecule has 0 aromatic carbocycles. The van der Waals surface area contributed by atoms with Gasteiger partial charge in [-0.05, 0) is 19.8 Å². The van der Waals surface area contributed by atoms with Crippen molar-refractivity contribution < 1.29 is 4.79 Å². The molecule has 0 bridgehead atoms. The Morgan fingerprint density at radius 3 is 2.67 bits per heavy atom. The number of nitrogens with zero attached hydrogens (tertiary/aromatic N) is 3. The predicted molar refractivity (Wildman–Crippen MR) is 82.2 cm³/mol. The molecule has 0 atom stereocenters. The number of piperazine rings is 1. The Hall–Kier alpha value is -1.07. The summed E-state index contributed by atoms with van der Waals surface area (Å²) in [7, 11) is 0. The normalized spacial score (nSPS) is 22.0. The second-order valence-electron chi connectivity index (χ2n) is 6.20. The molecule has 2 heterocycles. The van der Waals surface area contributed by atoms with Crippen molar-refractivity contribution in [3.63, 3.8) is 0 Å². The molecule has 1 saturated carbocycles. The van der Waals surface area contributed by atoms with E-state index in [9.17, 15) is 4.79 Å². The third-order valence-corrected chi connectivity index (χ3v) is 5.17. The smallest absolute Gasteiger partial charge is 0.237 e. The van der Waals surface area contributed by atoms with E-state index in [4.69, 9.17) is 11.6 Å². The minimum Gasteiger partial charge on any atom is -0.337 e. The van der Waals surface area contributed by atoms with Gasteiger partial charge in [-0.25, -0.2) is 0 Å². The van der Waals surface area contributed by atoms with Gasteiger partial charge in [0, 0.05) is 25.7 Å². The SMILES string of the molecule is Cc1[nH]nc(CN2CCN(C3CCCCC3)C(=O)C2)c1Cl. The third-order valence-electron chi connectivity index (χ3n) is 4.67. The maximum absolute atomic E-state index is 12.4. The summed E-state index contributed by atoms with van der Waals surface area (Å²) in [6.07, 6.45) is 6.20. The Bertz CT molecular complexity index is 510. The molecule has 1 N–H and O–H groups in total. The summed E-state index contributed by atoms with van der Waals surface area (Å²) in [5, 5.41) is 7.81. The van der Waals surface area contributed by atoms with E-state index in [1.807, 2.05) is 6.92 Å². The number of halogens is 1. The molecule has 1 aromatic heterocycles. The van der Waals surface area contributed by atoms with Crippen molar-refractivity contribution in [2.45, 2.75) is 51.6 Å². The highest BCUT2D eigenvalue weighted by Crippen LogP contribution is 2.25. The monoisotopic (exact) mass is 310 g/mol. The van der Waals surface area contributed by atoms with E-state index < -0.39 is 0 Å². The number of carbonyl (C=O) groups is 1. The first kappa shape index (κ1) is 14.9. The first-order chi connectivity index (χ1) is 10.1. The molecule has 0 spiro atoms. The number of hydrogen-bond donors (Lipinski definition) is 1. The molecule has 1 aromatic rings. The fourth-order valence-corrected chi connectivity index (χ4v) is 3.58. The van der Waals surface area contributed by atoms with E-state index in [0.717, 1.165) is 24.5 Å². The first-order valence-electron chi connectivity index (χ1n) is 7.86. The van der Waals surface area contributed by atoms with Gasteiger partial charge in [-0.3, -0.25) is 14.8 Å². The summed E-state index contributed by atoms with van der Waals surface area (Å²) in [5.41, 5.74) is 1.73. The van der Waals surface area contributed by atoms with Crippen LogP contribution >= 0.6 is 11.6 Å². The minimum absolute atomic E-state index is 0.261. The Morgan fingerprint density at radius 1 is 1.29 bits per heavy atom. The molecule has 21 heavy (non-hydrogen) atoms. The van der Waals surface area contributed by atoms with Gasteiger partial charge in [-0.2, -0.15) is 5.10 Å². The summed E-state index contributed by atoms with van der Waals surface area (Å²) in [6, 6.07) is 0.476. The average Bonchev–Trinajstić information content (AvgIpc) is 2.80. The van der Waals surface area contributed by atoms with Crippen molar-refractivity contribution in [3.05, 3.63) is 16.4 Å². The van der Waals surface area contributed by atoms with Gasteiger partial charge in [-0.1, -0.05) is 30.9 Å². The van der Waals surface area contributed by atoms with Gasteiger partial charge >= 0.3 is 0 Å². The van der Waals surface area contributed by atoms with E-state index in [-0.39, 0.29) is 5.91 Å². The lowest BCUT2D eigenvalue weighted by Crippen LogP contribution is -2.54. The highest BCUT2D eigenvalue weighted by Gasteiger charge is 2.30. The van der Waals surface area contributed by atoms with Crippen molar-refractivity contribution in [1.82, 2.24) is 20.0 Å². The molecule has 1 aliphatic heterocycles. The number of nitrogens with one attached hydrogen (secondary N) is 1. The van der Waals surface area contributed by atoms with Crippen LogP contribution < -0.4 is 0 Å². The van der Waals surface area contributed by atoms with Gasteiger partial charge in [-0.15, -0.1) is 0 Å². The van der Waals surface area contributed by atoms with Crippen LogP contribution in [0.15, 0.2) is 0 Å². The maximum atomic E-state index is 12.4. The van der Waals surface area contributed by atoms with Crippen LogP contribution in [0, 0.1) is 6.92 Å². The molecule has 3 rings (SSSR count). The number of aromatic amines is 1. The predicted octanol–water partition coefficient (Wildman–Crippen LogP) is 2.35. The van der Waals surface area contributed by atoms with Crippen LogP contribution in [0.2, 0.25) is 5.02 Å². The molecule has 116 valence electrons. The Balaban J connectivity index is 1.57. The van der Waals surface area contributed by atoms with Crippen molar-refractivity contribution in [2.24, 2.45) is 0 Å². The van der Waals surface area contributed by atoms with E-state index in [1.54, 1.807) is 0 Å². The first-order valence-corrected chi connectivity index (χ1v) is 8.24. The lowest BCUT2D eigenvalue weighted by atomic mass is 9.93. The van der Waals surface area contributed by atoms with Crippen molar-refractivity contribution >= 4 is 17.5 Å². The molecule has 0 radical (unpaired) electrons. The molecule has 2 fully saturated rings. The van der Waals surface area contributed by atoms with Crippen LogP contribution in [0.3, 0.4) is 0 Å². The number of aryl methyl sites for hydroxylation is 1. The zero-order valence-electron chi connectivity index (χ0n) is 12.6. The third kappa shape index (κ3) is 3.24. The topological polar surface area (TPSA) is 52.2 Å². The minimum atomic E-state index is 0.261. The van der Waals surface area contributed by atoms with Crippen molar-refractivity contribution in [2.75, 3.05) is 19.6 Å². The summed E-state index contributed by atoms with van der Waals surface area (Å²) < 4.78 is 0. The van der Waals surface area contributed by atoms with Gasteiger partial charge in [0.15, 0.2) is 0 Å². The summed E-state index contributed by atoms with van der Waals surface area (Å²) in [6.45, 7) is 4.78. The average molecular weight is 311 g/mol. The van der Waals surface area contributed by atoms with Crippen LogP contribution in [0.4, 0.5) is 0 Å². The van der Waals surface area contributed by atoms with E-state index in [0.29, 0.717) is 24.2 Å². The molecule has 1 saturated heterocycles. The second-order valence-corrected chi connectivity index (χ2v) is 6.58. The fourth-order valence-electron chi connectivity index (χ4n) is 3.43. The molecule has 1 amide bonds. The van der Waals surface area contributed by atoms with E-state index in [2.05, 4.69) is 20.0 Å². The molecule has 5 nitrogen and oxygen atoms in total. The van der Waals surface area contributed by atoms with Crippen LogP contribution in [0.25, 0.3) is 0 Å². The van der Waals surface area contributed by atoms with E-state index >= 15 is 0 Å². The van der Waals surface area contributed by atoms with Gasteiger partial charge < -0.3 is 4.90 Å². The molecule has 0 unspecified atom stereocenters. The molecule has 1 aliphatic carbocycles. The molecular weight excluding hydrogens is 288 g/mol. The van der Waals surface area contributed by atoms with Crippen LogP contribution in [-0.2, 0) is 11.3 Å². The van der Waals surface area contributed by atoms with Gasteiger partial charge in [0.25, 0.3) is 0 Å². The summed E-state index contributed by atoms with van der Waals surface area (Å²) >= 11 is 6.20. The quantitative estimate of drug-likeness (QED) is 0.932. The van der Waals surface area contributed by atoms with Gasteiger partial charge in [0.2, 0.25) is 5.91 Å². The summed E-state index contributed by atoms with van der Waals surface area (Å²) in [5.74, 6) is 0.261. The van der Waals surface area contributed by atoms with Crippen LogP contribution in [-0.4, -0.2) is 51.6 Å². The molecule has 6 heteroatoms. The van der Waals surface area contributed by atoms with Crippen molar-refractivity contribution in [1.29, 1.82) is 0 Å². The number of rotatable bonds is 3.